The average molecular weight is 172 g/mol. The van der Waals surface area contributed by atoms with E-state index in [2.05, 4.69) is 0 Å². The minimum atomic E-state index is -0.984. The van der Waals surface area contributed by atoms with E-state index in [0.29, 0.717) is 0 Å². The molecule has 0 rings (SSSR count). The van der Waals surface area contributed by atoms with Crippen molar-refractivity contribution in [2.75, 3.05) is 0 Å². The van der Waals surface area contributed by atoms with Gasteiger partial charge in [-0.25, -0.2) is 0 Å². The van der Waals surface area contributed by atoms with Crippen LogP contribution in [0, 0.1) is 5.92 Å². The van der Waals surface area contributed by atoms with Gasteiger partial charge in [-0.1, -0.05) is 0 Å². The lowest BCUT2D eigenvalue weighted by Crippen LogP contribution is -2.20. The monoisotopic (exact) mass is 172 g/mol. The van der Waals surface area contributed by atoms with Crippen LogP contribution in [0.4, 0.5) is 0 Å². The number of hydrogen-bond donors (Lipinski definition) is 1. The second-order valence-electron chi connectivity index (χ2n) is 2.71. The first-order valence-electron chi connectivity index (χ1n) is 3.68. The summed E-state index contributed by atoms with van der Waals surface area (Å²) in [6.07, 6.45) is -0.0240. The standard InChI is InChI=1S/C8H12O4/c1-5(9)7(6(2)10)3-4-8(11)12/h7H,3-4H2,1-2H3,(H,11,12). The molecular formula is C8H12O4. The van der Waals surface area contributed by atoms with Crippen molar-refractivity contribution in [1.82, 2.24) is 0 Å². The van der Waals surface area contributed by atoms with Gasteiger partial charge in [0.2, 0.25) is 0 Å². The molecule has 0 aliphatic heterocycles. The molecular weight excluding hydrogens is 160 g/mol. The lowest BCUT2D eigenvalue weighted by molar-refractivity contribution is -0.137. The molecule has 0 aromatic rings. The fourth-order valence-corrected chi connectivity index (χ4v) is 0.961. The van der Waals surface area contributed by atoms with Crippen LogP contribution in [-0.4, -0.2) is 22.6 Å². The van der Waals surface area contributed by atoms with Gasteiger partial charge in [-0.15, -0.1) is 0 Å². The van der Waals surface area contributed by atoms with Crippen LogP contribution in [0.2, 0.25) is 0 Å². The summed E-state index contributed by atoms with van der Waals surface area (Å²) < 4.78 is 0. The zero-order valence-corrected chi connectivity index (χ0v) is 7.16. The number of ketones is 2. The largest absolute Gasteiger partial charge is 0.481 e. The topological polar surface area (TPSA) is 71.4 Å². The molecule has 0 spiro atoms. The van der Waals surface area contributed by atoms with Crippen molar-refractivity contribution in [2.24, 2.45) is 5.92 Å². The smallest absolute Gasteiger partial charge is 0.303 e. The van der Waals surface area contributed by atoms with Crippen molar-refractivity contribution in [1.29, 1.82) is 0 Å². The third kappa shape index (κ3) is 3.85. The molecule has 1 N–H and O–H groups in total. The molecule has 0 saturated carbocycles. The van der Waals surface area contributed by atoms with E-state index in [4.69, 9.17) is 5.11 Å². The zero-order chi connectivity index (χ0) is 9.72. The minimum absolute atomic E-state index is 0.111. The maximum Gasteiger partial charge on any atom is 0.303 e. The maximum atomic E-state index is 10.8. The van der Waals surface area contributed by atoms with Crippen molar-refractivity contribution in [2.45, 2.75) is 26.7 Å². The third-order valence-corrected chi connectivity index (χ3v) is 1.63. The number of carboxylic acids is 1. The fraction of sp³-hybridized carbons (Fsp3) is 0.625. The van der Waals surface area contributed by atoms with Crippen LogP contribution >= 0.6 is 0 Å². The number of hydrogen-bond acceptors (Lipinski definition) is 3. The van der Waals surface area contributed by atoms with Crippen molar-refractivity contribution in [3.8, 4) is 0 Å². The predicted molar refractivity (Wildman–Crippen MR) is 41.7 cm³/mol. The van der Waals surface area contributed by atoms with Gasteiger partial charge < -0.3 is 5.11 Å². The Kier molecular flexibility index (Phi) is 4.18. The van der Waals surface area contributed by atoms with E-state index < -0.39 is 11.9 Å². The maximum absolute atomic E-state index is 10.8. The Labute approximate surface area is 70.6 Å². The quantitative estimate of drug-likeness (QED) is 0.618. The second-order valence-corrected chi connectivity index (χ2v) is 2.71. The Hall–Kier alpha value is -1.19. The van der Waals surface area contributed by atoms with E-state index in [1.54, 1.807) is 0 Å². The first kappa shape index (κ1) is 10.8. The zero-order valence-electron chi connectivity index (χ0n) is 7.16. The van der Waals surface area contributed by atoms with Gasteiger partial charge >= 0.3 is 5.97 Å². The number of aliphatic carboxylic acids is 1. The summed E-state index contributed by atoms with van der Waals surface area (Å²) in [7, 11) is 0. The van der Waals surface area contributed by atoms with Gasteiger partial charge in [0.05, 0.1) is 5.92 Å². The van der Waals surface area contributed by atoms with Gasteiger partial charge in [0.15, 0.2) is 0 Å². The Morgan fingerprint density at radius 1 is 1.17 bits per heavy atom. The summed E-state index contributed by atoms with van der Waals surface area (Å²) in [6, 6.07) is 0. The Morgan fingerprint density at radius 3 is 1.83 bits per heavy atom. The summed E-state index contributed by atoms with van der Waals surface area (Å²) >= 11 is 0. The van der Waals surface area contributed by atoms with Gasteiger partial charge in [0.1, 0.15) is 11.6 Å². The molecule has 0 heterocycles. The summed E-state index contributed by atoms with van der Waals surface area (Å²) in [5.41, 5.74) is 0. The molecule has 0 aromatic heterocycles. The highest BCUT2D eigenvalue weighted by molar-refractivity contribution is 6.00. The summed E-state index contributed by atoms with van der Waals surface area (Å²) in [4.78, 5) is 31.7. The molecule has 0 aliphatic carbocycles. The SMILES string of the molecule is CC(=O)C(CCC(=O)O)C(C)=O. The number of carboxylic acid groups (broad SMARTS) is 1. The Bertz CT molecular complexity index is 193. The van der Waals surface area contributed by atoms with Crippen LogP contribution in [0.15, 0.2) is 0 Å². The van der Waals surface area contributed by atoms with E-state index in [1.165, 1.54) is 13.8 Å². The van der Waals surface area contributed by atoms with Crippen molar-refractivity contribution in [3.63, 3.8) is 0 Å². The predicted octanol–water partition coefficient (Wildman–Crippen LogP) is 0.645. The van der Waals surface area contributed by atoms with Crippen LogP contribution in [0.25, 0.3) is 0 Å². The van der Waals surface area contributed by atoms with Gasteiger partial charge in [0.25, 0.3) is 0 Å². The molecule has 0 aliphatic rings. The molecule has 0 fully saturated rings. The van der Waals surface area contributed by atoms with E-state index in [1.807, 2.05) is 0 Å². The third-order valence-electron chi connectivity index (χ3n) is 1.63. The number of carbonyl (C=O) groups is 3. The van der Waals surface area contributed by atoms with Gasteiger partial charge in [-0.3, -0.25) is 14.4 Å². The first-order chi connectivity index (χ1) is 5.45. The van der Waals surface area contributed by atoms with Crippen LogP contribution in [0.3, 0.4) is 0 Å². The molecule has 4 heteroatoms. The summed E-state index contributed by atoms with van der Waals surface area (Å²) in [6.45, 7) is 2.60. The highest BCUT2D eigenvalue weighted by Gasteiger charge is 2.19. The minimum Gasteiger partial charge on any atom is -0.481 e. The molecule has 0 amide bonds. The molecule has 12 heavy (non-hydrogen) atoms. The van der Waals surface area contributed by atoms with Gasteiger partial charge in [-0.2, -0.15) is 0 Å². The van der Waals surface area contributed by atoms with Crippen LogP contribution < -0.4 is 0 Å². The second kappa shape index (κ2) is 4.64. The highest BCUT2D eigenvalue weighted by Crippen LogP contribution is 2.08. The van der Waals surface area contributed by atoms with Crippen molar-refractivity contribution >= 4 is 17.5 Å². The van der Waals surface area contributed by atoms with Crippen molar-refractivity contribution in [3.05, 3.63) is 0 Å². The van der Waals surface area contributed by atoms with Gasteiger partial charge in [0, 0.05) is 6.42 Å². The molecule has 0 bridgehead atoms. The van der Waals surface area contributed by atoms with Gasteiger partial charge in [-0.05, 0) is 20.3 Å². The Morgan fingerprint density at radius 2 is 1.58 bits per heavy atom. The average Bonchev–Trinajstić information content (AvgIpc) is 1.84. The molecule has 0 saturated heterocycles. The lowest BCUT2D eigenvalue weighted by atomic mass is 9.95. The molecule has 0 atom stereocenters. The Balaban J connectivity index is 4.06. The normalized spacial score (nSPS) is 9.92. The van der Waals surface area contributed by atoms with E-state index in [0.717, 1.165) is 0 Å². The molecule has 0 radical (unpaired) electrons. The van der Waals surface area contributed by atoms with Crippen LogP contribution in [-0.2, 0) is 14.4 Å². The van der Waals surface area contributed by atoms with Crippen LogP contribution in [0.5, 0.6) is 0 Å². The molecule has 4 nitrogen and oxygen atoms in total. The summed E-state index contributed by atoms with van der Waals surface area (Å²) in [5.74, 6) is -2.24. The van der Waals surface area contributed by atoms with E-state index in [9.17, 15) is 14.4 Å². The molecule has 0 aromatic carbocycles. The number of Topliss-reactive ketones (excluding diaryl/α,β-unsaturated/α-hetero) is 2. The molecule has 0 unspecified atom stereocenters. The lowest BCUT2D eigenvalue weighted by Gasteiger charge is -2.06. The van der Waals surface area contributed by atoms with Crippen molar-refractivity contribution < 1.29 is 19.5 Å². The molecule has 68 valence electrons. The first-order valence-corrected chi connectivity index (χ1v) is 3.68. The highest BCUT2D eigenvalue weighted by atomic mass is 16.4. The van der Waals surface area contributed by atoms with E-state index in [-0.39, 0.29) is 24.4 Å². The number of carbonyl (C=O) groups excluding carboxylic acids is 2. The van der Waals surface area contributed by atoms with E-state index >= 15 is 0 Å². The van der Waals surface area contributed by atoms with Crippen LogP contribution in [0.1, 0.15) is 26.7 Å². The fourth-order valence-electron chi connectivity index (χ4n) is 0.961. The number of rotatable bonds is 5. The summed E-state index contributed by atoms with van der Waals surface area (Å²) in [5, 5.41) is 8.30.